The van der Waals surface area contributed by atoms with Gasteiger partial charge in [-0.2, -0.15) is 0 Å². The number of hydrogen-bond acceptors (Lipinski definition) is 4. The van der Waals surface area contributed by atoms with Crippen LogP contribution in [0.25, 0.3) is 0 Å². The molecule has 1 fully saturated rings. The van der Waals surface area contributed by atoms with Crippen LogP contribution in [0, 0.1) is 0 Å². The van der Waals surface area contributed by atoms with E-state index in [1.165, 1.54) is 0 Å². The molecule has 0 amide bonds. The smallest absolute Gasteiger partial charge is 0.222 e. The Morgan fingerprint density at radius 1 is 1.38 bits per heavy atom. The highest BCUT2D eigenvalue weighted by Crippen LogP contribution is 2.09. The average Bonchev–Trinajstić information content (AvgIpc) is 2.21. The Balaban J connectivity index is 1.90. The van der Waals surface area contributed by atoms with Gasteiger partial charge >= 0.3 is 0 Å². The zero-order chi connectivity index (χ0) is 8.93. The second-order valence-corrected chi connectivity index (χ2v) is 3.13. The molecule has 2 rings (SSSR count). The van der Waals surface area contributed by atoms with Gasteiger partial charge in [-0.15, -0.1) is 0 Å². The molecule has 13 heavy (non-hydrogen) atoms. The maximum absolute atomic E-state index is 5.34. The van der Waals surface area contributed by atoms with Gasteiger partial charge in [0.1, 0.15) is 0 Å². The van der Waals surface area contributed by atoms with E-state index in [1.54, 1.807) is 12.4 Å². The molecule has 0 aromatic carbocycles. The molecule has 0 saturated carbocycles. The number of anilines is 1. The second-order valence-electron chi connectivity index (χ2n) is 3.13. The molecule has 0 aliphatic carbocycles. The van der Waals surface area contributed by atoms with Gasteiger partial charge in [0.15, 0.2) is 0 Å². The van der Waals surface area contributed by atoms with Gasteiger partial charge in [0.2, 0.25) is 5.95 Å². The third-order valence-corrected chi connectivity index (χ3v) is 2.06. The fourth-order valence-electron chi connectivity index (χ4n) is 1.41. The third kappa shape index (κ3) is 2.39. The van der Waals surface area contributed by atoms with Gasteiger partial charge in [-0.05, 0) is 18.9 Å². The fraction of sp³-hybridized carbons (Fsp3) is 0.556. The minimum atomic E-state index is 0.371. The Bertz CT molecular complexity index is 246. The summed E-state index contributed by atoms with van der Waals surface area (Å²) in [6.45, 7) is 1.64. The molecule has 1 aliphatic rings. The molecular weight excluding hydrogens is 166 g/mol. The number of ether oxygens (including phenoxy) is 1. The van der Waals surface area contributed by atoms with Crippen molar-refractivity contribution in [3.05, 3.63) is 18.5 Å². The molecule has 1 saturated heterocycles. The Hall–Kier alpha value is -1.16. The molecule has 1 aromatic heterocycles. The predicted octanol–water partition coefficient (Wildman–Crippen LogP) is 1.07. The summed E-state index contributed by atoms with van der Waals surface area (Å²) >= 11 is 0. The normalized spacial score (nSPS) is 22.6. The lowest BCUT2D eigenvalue weighted by Gasteiger charge is -2.22. The Labute approximate surface area is 77.4 Å². The topological polar surface area (TPSA) is 47.0 Å². The molecule has 1 N–H and O–H groups in total. The first-order valence-corrected chi connectivity index (χ1v) is 4.56. The lowest BCUT2D eigenvalue weighted by Crippen LogP contribution is -2.30. The van der Waals surface area contributed by atoms with Crippen LogP contribution in [0.4, 0.5) is 5.95 Å². The molecule has 1 aliphatic heterocycles. The van der Waals surface area contributed by atoms with Crippen molar-refractivity contribution in [3.8, 4) is 0 Å². The van der Waals surface area contributed by atoms with Gasteiger partial charge in [-0.1, -0.05) is 0 Å². The van der Waals surface area contributed by atoms with Crippen molar-refractivity contribution in [2.75, 3.05) is 18.5 Å². The maximum Gasteiger partial charge on any atom is 0.222 e. The monoisotopic (exact) mass is 179 g/mol. The fourth-order valence-corrected chi connectivity index (χ4v) is 1.41. The lowest BCUT2D eigenvalue weighted by atomic mass is 10.1. The van der Waals surface area contributed by atoms with Crippen LogP contribution in [0.3, 0.4) is 0 Å². The minimum Gasteiger partial charge on any atom is -0.379 e. The number of hydrogen-bond donors (Lipinski definition) is 1. The first kappa shape index (κ1) is 8.44. The average molecular weight is 179 g/mol. The zero-order valence-corrected chi connectivity index (χ0v) is 7.44. The summed E-state index contributed by atoms with van der Waals surface area (Å²) in [6, 6.07) is 2.18. The molecular formula is C9H13N3O. The van der Waals surface area contributed by atoms with Gasteiger partial charge in [0, 0.05) is 19.0 Å². The van der Waals surface area contributed by atoms with Crippen LogP contribution in [-0.4, -0.2) is 29.2 Å². The van der Waals surface area contributed by atoms with E-state index in [-0.39, 0.29) is 0 Å². The van der Waals surface area contributed by atoms with Crippen LogP contribution in [0.2, 0.25) is 0 Å². The molecule has 1 aromatic rings. The summed E-state index contributed by atoms with van der Waals surface area (Å²) in [5.74, 6) is 0.693. The summed E-state index contributed by atoms with van der Waals surface area (Å²) in [4.78, 5) is 8.19. The van der Waals surface area contributed by atoms with Crippen LogP contribution in [0.5, 0.6) is 0 Å². The number of nitrogens with zero attached hydrogens (tertiary/aromatic N) is 2. The van der Waals surface area contributed by atoms with Crippen molar-refractivity contribution in [2.24, 2.45) is 0 Å². The van der Waals surface area contributed by atoms with Gasteiger partial charge in [0.05, 0.1) is 12.6 Å². The van der Waals surface area contributed by atoms with Crippen molar-refractivity contribution in [2.45, 2.75) is 18.9 Å². The standard InChI is InChI=1S/C9H13N3O/c1-3-8(7-13-6-1)12-9-10-4-2-5-11-9/h2,4-5,8H,1,3,6-7H2,(H,10,11,12). The summed E-state index contributed by atoms with van der Waals surface area (Å²) in [7, 11) is 0. The molecule has 0 radical (unpaired) electrons. The van der Waals surface area contributed by atoms with E-state index in [1.807, 2.05) is 6.07 Å². The Morgan fingerprint density at radius 3 is 2.92 bits per heavy atom. The van der Waals surface area contributed by atoms with E-state index in [2.05, 4.69) is 15.3 Å². The van der Waals surface area contributed by atoms with Crippen molar-refractivity contribution >= 4 is 5.95 Å². The summed E-state index contributed by atoms with van der Waals surface area (Å²) in [6.07, 6.45) is 5.72. The van der Waals surface area contributed by atoms with Crippen molar-refractivity contribution in [1.82, 2.24) is 9.97 Å². The van der Waals surface area contributed by atoms with Gasteiger partial charge in [-0.25, -0.2) is 9.97 Å². The Kier molecular flexibility index (Phi) is 2.72. The first-order valence-electron chi connectivity index (χ1n) is 4.56. The molecule has 4 heteroatoms. The second kappa shape index (κ2) is 4.18. The first-order chi connectivity index (χ1) is 6.45. The quantitative estimate of drug-likeness (QED) is 0.737. The molecule has 4 nitrogen and oxygen atoms in total. The molecule has 70 valence electrons. The molecule has 1 atom stereocenters. The highest BCUT2D eigenvalue weighted by molar-refractivity contribution is 5.24. The minimum absolute atomic E-state index is 0.371. The van der Waals surface area contributed by atoms with Gasteiger partial charge in [-0.3, -0.25) is 0 Å². The third-order valence-electron chi connectivity index (χ3n) is 2.06. The largest absolute Gasteiger partial charge is 0.379 e. The van der Waals surface area contributed by atoms with Crippen LogP contribution in [0.1, 0.15) is 12.8 Å². The zero-order valence-electron chi connectivity index (χ0n) is 7.44. The van der Waals surface area contributed by atoms with E-state index < -0.39 is 0 Å². The lowest BCUT2D eigenvalue weighted by molar-refractivity contribution is 0.0874. The highest BCUT2D eigenvalue weighted by Gasteiger charge is 2.13. The summed E-state index contributed by atoms with van der Waals surface area (Å²) in [5, 5.41) is 3.23. The van der Waals surface area contributed by atoms with E-state index in [9.17, 15) is 0 Å². The molecule has 0 spiro atoms. The SMILES string of the molecule is c1cnc(NC2CCCOC2)nc1. The van der Waals surface area contributed by atoms with Crippen LogP contribution >= 0.6 is 0 Å². The van der Waals surface area contributed by atoms with Crippen molar-refractivity contribution in [3.63, 3.8) is 0 Å². The predicted molar refractivity (Wildman–Crippen MR) is 49.5 cm³/mol. The van der Waals surface area contributed by atoms with Gasteiger partial charge in [0.25, 0.3) is 0 Å². The van der Waals surface area contributed by atoms with Crippen LogP contribution in [0.15, 0.2) is 18.5 Å². The van der Waals surface area contributed by atoms with E-state index in [0.717, 1.165) is 26.1 Å². The maximum atomic E-state index is 5.34. The number of rotatable bonds is 2. The molecule has 2 heterocycles. The van der Waals surface area contributed by atoms with Crippen LogP contribution < -0.4 is 5.32 Å². The van der Waals surface area contributed by atoms with E-state index in [0.29, 0.717) is 12.0 Å². The number of nitrogens with one attached hydrogen (secondary N) is 1. The molecule has 1 unspecified atom stereocenters. The van der Waals surface area contributed by atoms with E-state index in [4.69, 9.17) is 4.74 Å². The summed E-state index contributed by atoms with van der Waals surface area (Å²) in [5.41, 5.74) is 0. The molecule has 0 bridgehead atoms. The summed E-state index contributed by atoms with van der Waals surface area (Å²) < 4.78 is 5.34. The van der Waals surface area contributed by atoms with Crippen LogP contribution in [-0.2, 0) is 4.74 Å². The Morgan fingerprint density at radius 2 is 2.23 bits per heavy atom. The van der Waals surface area contributed by atoms with Crippen molar-refractivity contribution in [1.29, 1.82) is 0 Å². The van der Waals surface area contributed by atoms with E-state index >= 15 is 0 Å². The number of aromatic nitrogens is 2. The highest BCUT2D eigenvalue weighted by atomic mass is 16.5. The van der Waals surface area contributed by atoms with Gasteiger partial charge < -0.3 is 10.1 Å². The van der Waals surface area contributed by atoms with Crippen molar-refractivity contribution < 1.29 is 4.74 Å².